The van der Waals surface area contributed by atoms with Gasteiger partial charge in [-0.15, -0.1) is 0 Å². The van der Waals surface area contributed by atoms with Crippen LogP contribution in [0.2, 0.25) is 0 Å². The van der Waals surface area contributed by atoms with Gasteiger partial charge in [-0.2, -0.15) is 0 Å². The summed E-state index contributed by atoms with van der Waals surface area (Å²) in [6.45, 7) is 7.77. The molecule has 1 saturated heterocycles. The van der Waals surface area contributed by atoms with E-state index in [9.17, 15) is 19.5 Å². The average Bonchev–Trinajstić information content (AvgIpc) is 2.58. The molecule has 1 N–H and O–H groups in total. The van der Waals surface area contributed by atoms with Crippen LogP contribution in [0, 0.1) is 0 Å². The lowest BCUT2D eigenvalue weighted by atomic mass is 9.99. The van der Waals surface area contributed by atoms with Gasteiger partial charge in [-0.3, -0.25) is 4.79 Å². The molecule has 8 nitrogen and oxygen atoms in total. The summed E-state index contributed by atoms with van der Waals surface area (Å²) < 4.78 is 5.48. The first-order valence-corrected chi connectivity index (χ1v) is 8.93. The van der Waals surface area contributed by atoms with Crippen molar-refractivity contribution < 1.29 is 24.2 Å². The summed E-state index contributed by atoms with van der Waals surface area (Å²) in [5.74, 6) is -1.12. The highest BCUT2D eigenvalue weighted by Gasteiger charge is 2.37. The Morgan fingerprint density at radius 3 is 2.48 bits per heavy atom. The third-order valence-corrected chi connectivity index (χ3v) is 4.84. The average molecular weight is 375 g/mol. The zero-order valence-electron chi connectivity index (χ0n) is 16.1. The second kappa shape index (κ2) is 6.75. The van der Waals surface area contributed by atoms with Crippen molar-refractivity contribution in [3.63, 3.8) is 0 Å². The lowest BCUT2D eigenvalue weighted by molar-refractivity contribution is 0.0215. The summed E-state index contributed by atoms with van der Waals surface area (Å²) in [6.07, 6.45) is 0.245. The van der Waals surface area contributed by atoms with Gasteiger partial charge in [0.15, 0.2) is 6.29 Å². The summed E-state index contributed by atoms with van der Waals surface area (Å²) in [5.41, 5.74) is 1.21. The molecular weight excluding hydrogens is 350 g/mol. The highest BCUT2D eigenvalue weighted by Crippen LogP contribution is 2.38. The molecule has 0 bridgehead atoms. The number of carboxylic acid groups (broad SMARTS) is 1. The van der Waals surface area contributed by atoms with Gasteiger partial charge in [0.1, 0.15) is 5.60 Å². The predicted molar refractivity (Wildman–Crippen MR) is 101 cm³/mol. The molecule has 0 aliphatic carbocycles. The van der Waals surface area contributed by atoms with Crippen LogP contribution in [0.3, 0.4) is 0 Å². The molecule has 0 saturated carbocycles. The molecule has 0 radical (unpaired) electrons. The van der Waals surface area contributed by atoms with Gasteiger partial charge in [-0.25, -0.2) is 9.59 Å². The fraction of sp³-hybridized carbons (Fsp3) is 0.526. The van der Waals surface area contributed by atoms with Crippen molar-refractivity contribution in [1.82, 2.24) is 4.90 Å². The molecule has 1 aromatic carbocycles. The van der Waals surface area contributed by atoms with Crippen molar-refractivity contribution in [2.24, 2.45) is 0 Å². The van der Waals surface area contributed by atoms with Gasteiger partial charge in [0.2, 0.25) is 0 Å². The lowest BCUT2D eigenvalue weighted by Crippen LogP contribution is -2.60. The SMILES string of the molecule is CN1CC2CN(C(=O)OC(C)(C)C)CCN2c2cc(C=O)c(C(=O)O)cc21. The molecule has 1 atom stereocenters. The van der Waals surface area contributed by atoms with E-state index in [0.717, 1.165) is 11.4 Å². The van der Waals surface area contributed by atoms with Gasteiger partial charge in [0.05, 0.1) is 23.0 Å². The number of anilines is 2. The first-order chi connectivity index (χ1) is 12.6. The van der Waals surface area contributed by atoms with Crippen LogP contribution >= 0.6 is 0 Å². The van der Waals surface area contributed by atoms with E-state index in [1.807, 2.05) is 32.7 Å². The van der Waals surface area contributed by atoms with Crippen LogP contribution in [0.15, 0.2) is 12.1 Å². The number of amides is 1. The zero-order chi connectivity index (χ0) is 19.9. The molecule has 0 aromatic heterocycles. The number of ether oxygens (including phenoxy) is 1. The monoisotopic (exact) mass is 375 g/mol. The molecule has 8 heteroatoms. The van der Waals surface area contributed by atoms with Crippen molar-refractivity contribution in [2.75, 3.05) is 43.0 Å². The van der Waals surface area contributed by atoms with Crippen LogP contribution in [0.1, 0.15) is 41.5 Å². The Balaban J connectivity index is 1.87. The smallest absolute Gasteiger partial charge is 0.410 e. The van der Waals surface area contributed by atoms with Gasteiger partial charge >= 0.3 is 12.1 Å². The van der Waals surface area contributed by atoms with Gasteiger partial charge in [0.25, 0.3) is 0 Å². The summed E-state index contributed by atoms with van der Waals surface area (Å²) in [6, 6.07) is 3.23. The number of likely N-dealkylation sites (N-methyl/N-ethyl adjacent to an activating group) is 1. The minimum absolute atomic E-state index is 0.00133. The van der Waals surface area contributed by atoms with E-state index in [-0.39, 0.29) is 23.3 Å². The fourth-order valence-electron chi connectivity index (χ4n) is 3.65. The first kappa shape index (κ1) is 19.0. The second-order valence-corrected chi connectivity index (χ2v) is 8.01. The molecule has 2 heterocycles. The number of rotatable bonds is 2. The number of carboxylic acids is 1. The lowest BCUT2D eigenvalue weighted by Gasteiger charge is -2.48. The number of nitrogens with zero attached hydrogens (tertiary/aromatic N) is 3. The molecule has 3 rings (SSSR count). The maximum absolute atomic E-state index is 12.4. The van der Waals surface area contributed by atoms with Crippen molar-refractivity contribution in [3.8, 4) is 0 Å². The van der Waals surface area contributed by atoms with Crippen molar-refractivity contribution in [1.29, 1.82) is 0 Å². The number of fused-ring (bicyclic) bond motifs is 3. The Morgan fingerprint density at radius 2 is 1.89 bits per heavy atom. The predicted octanol–water partition coefficient (Wildman–Crippen LogP) is 2.07. The van der Waals surface area contributed by atoms with Gasteiger partial charge in [-0.1, -0.05) is 0 Å². The van der Waals surface area contributed by atoms with E-state index < -0.39 is 11.6 Å². The minimum Gasteiger partial charge on any atom is -0.478 e. The quantitative estimate of drug-likeness (QED) is 0.792. The summed E-state index contributed by atoms with van der Waals surface area (Å²) >= 11 is 0. The molecule has 1 unspecified atom stereocenters. The Labute approximate surface area is 158 Å². The number of carbonyl (C=O) groups is 3. The number of aldehydes is 1. The summed E-state index contributed by atoms with van der Waals surface area (Å²) in [4.78, 5) is 41.0. The Bertz CT molecular complexity index is 786. The molecular formula is C19H25N3O5. The number of piperazine rings is 1. The van der Waals surface area contributed by atoms with Crippen LogP contribution < -0.4 is 9.80 Å². The molecule has 1 aromatic rings. The molecule has 27 heavy (non-hydrogen) atoms. The van der Waals surface area contributed by atoms with Crippen molar-refractivity contribution in [2.45, 2.75) is 32.4 Å². The van der Waals surface area contributed by atoms with Crippen LogP contribution in [0.5, 0.6) is 0 Å². The molecule has 146 valence electrons. The highest BCUT2D eigenvalue weighted by molar-refractivity contribution is 6.00. The zero-order valence-corrected chi connectivity index (χ0v) is 16.1. The van der Waals surface area contributed by atoms with E-state index in [0.29, 0.717) is 32.5 Å². The number of hydrogen-bond acceptors (Lipinski definition) is 6. The highest BCUT2D eigenvalue weighted by atomic mass is 16.6. The maximum atomic E-state index is 12.4. The molecule has 1 amide bonds. The summed E-state index contributed by atoms with van der Waals surface area (Å²) in [5, 5.41) is 9.36. The molecule has 2 aliphatic heterocycles. The van der Waals surface area contributed by atoms with Crippen LogP contribution in [-0.4, -0.2) is 73.2 Å². The molecule has 0 spiro atoms. The Hall–Kier alpha value is -2.77. The van der Waals surface area contributed by atoms with E-state index >= 15 is 0 Å². The third kappa shape index (κ3) is 3.70. The molecule has 1 fully saturated rings. The minimum atomic E-state index is -1.12. The molecule has 2 aliphatic rings. The van der Waals surface area contributed by atoms with Gasteiger partial charge < -0.3 is 24.5 Å². The second-order valence-electron chi connectivity index (χ2n) is 8.01. The Morgan fingerprint density at radius 1 is 1.19 bits per heavy atom. The van der Waals surface area contributed by atoms with E-state index in [1.54, 1.807) is 17.0 Å². The van der Waals surface area contributed by atoms with Crippen LogP contribution in [-0.2, 0) is 4.74 Å². The van der Waals surface area contributed by atoms with E-state index in [2.05, 4.69) is 4.90 Å². The van der Waals surface area contributed by atoms with Crippen LogP contribution in [0.4, 0.5) is 16.2 Å². The van der Waals surface area contributed by atoms with Crippen LogP contribution in [0.25, 0.3) is 0 Å². The largest absolute Gasteiger partial charge is 0.478 e. The standard InChI is InChI=1S/C19H25N3O5/c1-19(2,3)27-18(26)21-5-6-22-13(10-21)9-20(4)15-8-14(17(24)25)12(11-23)7-16(15)22/h7-8,11,13H,5-6,9-10H2,1-4H3,(H,24,25). The first-order valence-electron chi connectivity index (χ1n) is 8.93. The van der Waals surface area contributed by atoms with Crippen molar-refractivity contribution in [3.05, 3.63) is 23.3 Å². The third-order valence-electron chi connectivity index (χ3n) is 4.84. The van der Waals surface area contributed by atoms with Gasteiger partial charge in [-0.05, 0) is 32.9 Å². The van der Waals surface area contributed by atoms with E-state index in [4.69, 9.17) is 4.74 Å². The topological polar surface area (TPSA) is 90.4 Å². The fourth-order valence-corrected chi connectivity index (χ4v) is 3.65. The number of hydrogen-bond donors (Lipinski definition) is 1. The number of benzene rings is 1. The van der Waals surface area contributed by atoms with Crippen molar-refractivity contribution >= 4 is 29.7 Å². The number of carbonyl (C=O) groups excluding carboxylic acids is 2. The van der Waals surface area contributed by atoms with Gasteiger partial charge in [0, 0.05) is 38.8 Å². The Kier molecular flexibility index (Phi) is 4.75. The summed E-state index contributed by atoms with van der Waals surface area (Å²) in [7, 11) is 1.88. The number of aromatic carboxylic acids is 1. The van der Waals surface area contributed by atoms with E-state index in [1.165, 1.54) is 0 Å². The normalized spacial score (nSPS) is 19.3. The maximum Gasteiger partial charge on any atom is 0.410 e.